The molecule has 3 heteroatoms. The lowest BCUT2D eigenvalue weighted by Crippen LogP contribution is -2.27. The quantitative estimate of drug-likeness (QED) is 0.777. The van der Waals surface area contributed by atoms with E-state index in [-0.39, 0.29) is 0 Å². The van der Waals surface area contributed by atoms with Gasteiger partial charge in [-0.05, 0) is 44.9 Å². The summed E-state index contributed by atoms with van der Waals surface area (Å²) in [5.41, 5.74) is 1.16. The lowest BCUT2D eigenvalue weighted by atomic mass is 10.2. The minimum absolute atomic E-state index is 0.409. The molecule has 0 amide bonds. The minimum atomic E-state index is -3.20. The highest BCUT2D eigenvalue weighted by Crippen LogP contribution is 2.24. The molecule has 0 saturated carbocycles. The molecule has 0 heterocycles. The van der Waals surface area contributed by atoms with Crippen molar-refractivity contribution in [3.05, 3.63) is 29.8 Å². The standard InChI is InChI=1S/C12H18O2S/c1-5-10-6-8-11(9-7-10)15(13,14)12(2,3)4/h6-9H,5H2,1-4H3. The number of rotatable bonds is 2. The van der Waals surface area contributed by atoms with E-state index >= 15 is 0 Å². The Kier molecular flexibility index (Phi) is 3.24. The molecule has 0 aliphatic carbocycles. The first-order chi connectivity index (χ1) is 6.79. The zero-order valence-electron chi connectivity index (χ0n) is 9.74. The Labute approximate surface area is 92.2 Å². The van der Waals surface area contributed by atoms with Gasteiger partial charge in [-0.15, -0.1) is 0 Å². The highest BCUT2D eigenvalue weighted by Gasteiger charge is 2.30. The maximum absolute atomic E-state index is 12.1. The first-order valence-electron chi connectivity index (χ1n) is 5.12. The lowest BCUT2D eigenvalue weighted by molar-refractivity contribution is 0.560. The number of hydrogen-bond donors (Lipinski definition) is 0. The SMILES string of the molecule is CCc1ccc(S(=O)(=O)C(C)(C)C)cc1. The topological polar surface area (TPSA) is 34.1 Å². The van der Waals surface area contributed by atoms with Crippen LogP contribution in [0.4, 0.5) is 0 Å². The van der Waals surface area contributed by atoms with Crippen LogP contribution in [0.3, 0.4) is 0 Å². The molecule has 0 atom stereocenters. The molecule has 0 aliphatic heterocycles. The fourth-order valence-corrected chi connectivity index (χ4v) is 2.46. The van der Waals surface area contributed by atoms with Crippen LogP contribution in [0.5, 0.6) is 0 Å². The van der Waals surface area contributed by atoms with E-state index in [4.69, 9.17) is 0 Å². The van der Waals surface area contributed by atoms with E-state index in [2.05, 4.69) is 0 Å². The van der Waals surface area contributed by atoms with Crippen molar-refractivity contribution in [2.24, 2.45) is 0 Å². The van der Waals surface area contributed by atoms with Crippen molar-refractivity contribution in [3.63, 3.8) is 0 Å². The summed E-state index contributed by atoms with van der Waals surface area (Å²) in [4.78, 5) is 0.409. The van der Waals surface area contributed by atoms with Crippen LogP contribution in [-0.2, 0) is 16.3 Å². The molecule has 0 aliphatic rings. The van der Waals surface area contributed by atoms with Crippen molar-refractivity contribution in [2.75, 3.05) is 0 Å². The number of aryl methyl sites for hydroxylation is 1. The molecule has 0 radical (unpaired) electrons. The summed E-state index contributed by atoms with van der Waals surface area (Å²) in [6.45, 7) is 7.20. The summed E-state index contributed by atoms with van der Waals surface area (Å²) in [6.07, 6.45) is 0.926. The summed E-state index contributed by atoms with van der Waals surface area (Å²) in [5.74, 6) is 0. The summed E-state index contributed by atoms with van der Waals surface area (Å²) in [7, 11) is -3.20. The molecule has 0 unspecified atom stereocenters. The van der Waals surface area contributed by atoms with Gasteiger partial charge in [-0.25, -0.2) is 8.42 Å². The molecule has 84 valence electrons. The van der Waals surface area contributed by atoms with Gasteiger partial charge in [0.1, 0.15) is 0 Å². The van der Waals surface area contributed by atoms with Crippen LogP contribution >= 0.6 is 0 Å². The van der Waals surface area contributed by atoms with Crippen LogP contribution in [0.15, 0.2) is 29.2 Å². The molecule has 0 spiro atoms. The summed E-state index contributed by atoms with van der Waals surface area (Å²) < 4.78 is 23.4. The van der Waals surface area contributed by atoms with Gasteiger partial charge in [0, 0.05) is 0 Å². The Morgan fingerprint density at radius 2 is 1.53 bits per heavy atom. The van der Waals surface area contributed by atoms with E-state index in [0.717, 1.165) is 12.0 Å². The summed E-state index contributed by atoms with van der Waals surface area (Å²) in [5, 5.41) is 0. The lowest BCUT2D eigenvalue weighted by Gasteiger charge is -2.19. The number of hydrogen-bond acceptors (Lipinski definition) is 2. The summed E-state index contributed by atoms with van der Waals surface area (Å²) in [6, 6.07) is 7.14. The largest absolute Gasteiger partial charge is 0.223 e. The Hall–Kier alpha value is -0.830. The predicted molar refractivity (Wildman–Crippen MR) is 62.8 cm³/mol. The molecule has 0 bridgehead atoms. The fourth-order valence-electron chi connectivity index (χ4n) is 1.26. The predicted octanol–water partition coefficient (Wildman–Crippen LogP) is 2.82. The number of sulfone groups is 1. The monoisotopic (exact) mass is 226 g/mol. The zero-order valence-corrected chi connectivity index (χ0v) is 10.6. The Balaban J connectivity index is 3.18. The van der Waals surface area contributed by atoms with Crippen LogP contribution in [0.2, 0.25) is 0 Å². The van der Waals surface area contributed by atoms with Gasteiger partial charge in [-0.1, -0.05) is 19.1 Å². The van der Waals surface area contributed by atoms with E-state index in [1.807, 2.05) is 19.1 Å². The molecule has 0 saturated heterocycles. The molecule has 0 aromatic heterocycles. The van der Waals surface area contributed by atoms with Crippen molar-refractivity contribution in [1.82, 2.24) is 0 Å². The molecule has 15 heavy (non-hydrogen) atoms. The van der Waals surface area contributed by atoms with Crippen molar-refractivity contribution < 1.29 is 8.42 Å². The molecule has 1 rings (SSSR count). The molecule has 1 aromatic rings. The molecule has 0 N–H and O–H groups in total. The first-order valence-corrected chi connectivity index (χ1v) is 6.61. The van der Waals surface area contributed by atoms with Gasteiger partial charge in [-0.3, -0.25) is 0 Å². The van der Waals surface area contributed by atoms with E-state index in [1.54, 1.807) is 32.9 Å². The zero-order chi connectivity index (χ0) is 11.7. The van der Waals surface area contributed by atoms with Crippen molar-refractivity contribution in [3.8, 4) is 0 Å². The van der Waals surface area contributed by atoms with Crippen LogP contribution in [0, 0.1) is 0 Å². The van der Waals surface area contributed by atoms with Crippen molar-refractivity contribution in [1.29, 1.82) is 0 Å². The van der Waals surface area contributed by atoms with E-state index in [0.29, 0.717) is 4.90 Å². The third-order valence-electron chi connectivity index (χ3n) is 2.45. The van der Waals surface area contributed by atoms with Gasteiger partial charge in [-0.2, -0.15) is 0 Å². The van der Waals surface area contributed by atoms with Crippen LogP contribution < -0.4 is 0 Å². The van der Waals surface area contributed by atoms with Gasteiger partial charge < -0.3 is 0 Å². The van der Waals surface area contributed by atoms with Crippen LogP contribution in [-0.4, -0.2) is 13.2 Å². The Morgan fingerprint density at radius 1 is 1.07 bits per heavy atom. The van der Waals surface area contributed by atoms with Gasteiger partial charge in [0.15, 0.2) is 9.84 Å². The fraction of sp³-hybridized carbons (Fsp3) is 0.500. The Bertz CT molecular complexity index is 422. The van der Waals surface area contributed by atoms with E-state index in [1.165, 1.54) is 0 Å². The second-order valence-corrected chi connectivity index (χ2v) is 7.32. The second kappa shape index (κ2) is 3.97. The average Bonchev–Trinajstić information content (AvgIpc) is 2.16. The smallest absolute Gasteiger partial charge is 0.183 e. The molecule has 0 fully saturated rings. The third-order valence-corrected chi connectivity index (χ3v) is 4.95. The maximum atomic E-state index is 12.1. The van der Waals surface area contributed by atoms with Crippen LogP contribution in [0.25, 0.3) is 0 Å². The van der Waals surface area contributed by atoms with E-state index < -0.39 is 14.6 Å². The summed E-state index contributed by atoms with van der Waals surface area (Å²) >= 11 is 0. The first kappa shape index (κ1) is 12.2. The van der Waals surface area contributed by atoms with Gasteiger partial charge in [0.25, 0.3) is 0 Å². The van der Waals surface area contributed by atoms with Crippen LogP contribution in [0.1, 0.15) is 33.3 Å². The minimum Gasteiger partial charge on any atom is -0.223 e. The molecule has 2 nitrogen and oxygen atoms in total. The molecular formula is C12H18O2S. The Morgan fingerprint density at radius 3 is 1.87 bits per heavy atom. The molecule has 1 aromatic carbocycles. The highest BCUT2D eigenvalue weighted by atomic mass is 32.2. The van der Waals surface area contributed by atoms with Crippen molar-refractivity contribution >= 4 is 9.84 Å². The highest BCUT2D eigenvalue weighted by molar-refractivity contribution is 7.92. The number of benzene rings is 1. The van der Waals surface area contributed by atoms with Crippen molar-refractivity contribution in [2.45, 2.75) is 43.8 Å². The second-order valence-electron chi connectivity index (χ2n) is 4.61. The molecular weight excluding hydrogens is 208 g/mol. The average molecular weight is 226 g/mol. The third kappa shape index (κ3) is 2.40. The van der Waals surface area contributed by atoms with E-state index in [9.17, 15) is 8.42 Å². The van der Waals surface area contributed by atoms with Gasteiger partial charge >= 0.3 is 0 Å². The normalized spacial score (nSPS) is 12.8. The van der Waals surface area contributed by atoms with Gasteiger partial charge in [0.2, 0.25) is 0 Å². The maximum Gasteiger partial charge on any atom is 0.183 e. The van der Waals surface area contributed by atoms with Gasteiger partial charge in [0.05, 0.1) is 9.64 Å².